The third-order valence-electron chi connectivity index (χ3n) is 3.89. The number of nitro groups is 2. The molecule has 0 saturated carbocycles. The van der Waals surface area contributed by atoms with Gasteiger partial charge in [-0.05, 0) is 25.1 Å². The Hall–Kier alpha value is -4.08. The highest BCUT2D eigenvalue weighted by Crippen LogP contribution is 2.33. The summed E-state index contributed by atoms with van der Waals surface area (Å²) in [5, 5.41) is 36.5. The van der Waals surface area contributed by atoms with Crippen molar-refractivity contribution in [2.75, 3.05) is 0 Å². The topological polar surface area (TPSA) is 141 Å². The van der Waals surface area contributed by atoms with Gasteiger partial charge in [0.15, 0.2) is 6.29 Å². The molecule has 2 aromatic carbocycles. The Morgan fingerprint density at radius 2 is 1.85 bits per heavy atom. The lowest BCUT2D eigenvalue weighted by atomic mass is 10.1. The number of aryl methyl sites for hydroxylation is 1. The number of rotatable bonds is 5. The number of carbonyl (C=O) groups is 1. The van der Waals surface area contributed by atoms with Gasteiger partial charge in [0.2, 0.25) is 0 Å². The predicted octanol–water partition coefficient (Wildman–Crippen LogP) is 3.18. The van der Waals surface area contributed by atoms with Gasteiger partial charge in [-0.15, -0.1) is 0 Å². The third kappa shape index (κ3) is 3.23. The van der Waals surface area contributed by atoms with Crippen LogP contribution in [0.15, 0.2) is 42.6 Å². The quantitative estimate of drug-likeness (QED) is 0.414. The van der Waals surface area contributed by atoms with E-state index in [0.717, 1.165) is 22.4 Å². The first kappa shape index (κ1) is 17.7. The van der Waals surface area contributed by atoms with E-state index in [-0.39, 0.29) is 22.7 Å². The van der Waals surface area contributed by atoms with Gasteiger partial charge >= 0.3 is 5.69 Å². The van der Waals surface area contributed by atoms with Crippen LogP contribution in [0.1, 0.15) is 15.9 Å². The molecule has 27 heavy (non-hydrogen) atoms. The molecular weight excluding hydrogens is 356 g/mol. The van der Waals surface area contributed by atoms with Crippen molar-refractivity contribution in [1.82, 2.24) is 9.78 Å². The molecule has 0 aliphatic heterocycles. The first-order valence-electron chi connectivity index (χ1n) is 7.60. The summed E-state index contributed by atoms with van der Waals surface area (Å²) in [6.07, 6.45) is 1.77. The number of nitro benzene ring substituents is 2. The van der Waals surface area contributed by atoms with E-state index in [9.17, 15) is 30.1 Å². The Labute approximate surface area is 151 Å². The van der Waals surface area contributed by atoms with Crippen molar-refractivity contribution in [3.8, 4) is 22.7 Å². The molecule has 1 N–H and O–H groups in total. The first-order chi connectivity index (χ1) is 12.8. The Morgan fingerprint density at radius 1 is 1.11 bits per heavy atom. The van der Waals surface area contributed by atoms with Gasteiger partial charge in [0.05, 0.1) is 21.5 Å². The van der Waals surface area contributed by atoms with Crippen LogP contribution in [0.4, 0.5) is 11.4 Å². The van der Waals surface area contributed by atoms with Gasteiger partial charge < -0.3 is 5.11 Å². The minimum Gasteiger partial charge on any atom is -0.507 e. The Balaban J connectivity index is 2.21. The Kier molecular flexibility index (Phi) is 4.38. The lowest BCUT2D eigenvalue weighted by molar-refractivity contribution is -0.394. The van der Waals surface area contributed by atoms with Gasteiger partial charge in [0, 0.05) is 17.8 Å². The molecule has 0 aliphatic rings. The smallest absolute Gasteiger partial charge is 0.301 e. The van der Waals surface area contributed by atoms with Crippen LogP contribution in [0.5, 0.6) is 5.75 Å². The summed E-state index contributed by atoms with van der Waals surface area (Å²) >= 11 is 0. The van der Waals surface area contributed by atoms with Crippen LogP contribution in [0.3, 0.4) is 0 Å². The van der Waals surface area contributed by atoms with Crippen molar-refractivity contribution in [3.05, 3.63) is 74.0 Å². The number of aldehydes is 1. The highest BCUT2D eigenvalue weighted by atomic mass is 16.6. The highest BCUT2D eigenvalue weighted by molar-refractivity contribution is 5.87. The molecule has 3 rings (SSSR count). The predicted molar refractivity (Wildman–Crippen MR) is 94.1 cm³/mol. The Bertz CT molecular complexity index is 1090. The van der Waals surface area contributed by atoms with Crippen LogP contribution in [-0.4, -0.2) is 31.0 Å². The largest absolute Gasteiger partial charge is 0.507 e. The molecule has 0 saturated heterocycles. The van der Waals surface area contributed by atoms with Crippen LogP contribution < -0.4 is 0 Å². The highest BCUT2D eigenvalue weighted by Gasteiger charge is 2.23. The second-order valence-corrected chi connectivity index (χ2v) is 5.70. The summed E-state index contributed by atoms with van der Waals surface area (Å²) in [5.74, 6) is -0.104. The van der Waals surface area contributed by atoms with E-state index < -0.39 is 21.2 Å². The SMILES string of the molecule is Cc1ccc(O)c(-c2nn(-c3ccc([N+](=O)[O-])cc3[N+](=O)[O-])cc2C=O)c1. The zero-order valence-electron chi connectivity index (χ0n) is 13.9. The maximum Gasteiger partial charge on any atom is 0.301 e. The number of nitrogens with zero attached hydrogens (tertiary/aromatic N) is 4. The Morgan fingerprint density at radius 3 is 2.48 bits per heavy atom. The summed E-state index contributed by atoms with van der Waals surface area (Å²) < 4.78 is 1.09. The number of aromatic nitrogens is 2. The molecule has 0 spiro atoms. The number of phenols is 1. The monoisotopic (exact) mass is 368 g/mol. The normalized spacial score (nSPS) is 10.6. The summed E-state index contributed by atoms with van der Waals surface area (Å²) in [7, 11) is 0. The van der Waals surface area contributed by atoms with Crippen LogP contribution in [0.25, 0.3) is 16.9 Å². The molecule has 136 valence electrons. The van der Waals surface area contributed by atoms with E-state index in [1.165, 1.54) is 18.3 Å². The van der Waals surface area contributed by atoms with Gasteiger partial charge in [-0.1, -0.05) is 11.6 Å². The molecule has 0 atom stereocenters. The number of carbonyl (C=O) groups excluding carboxylic acids is 1. The second-order valence-electron chi connectivity index (χ2n) is 5.70. The molecule has 0 radical (unpaired) electrons. The average Bonchev–Trinajstić information content (AvgIpc) is 3.07. The lowest BCUT2D eigenvalue weighted by Crippen LogP contribution is -2.02. The fraction of sp³-hybridized carbons (Fsp3) is 0.0588. The average molecular weight is 368 g/mol. The number of aromatic hydroxyl groups is 1. The number of hydrogen-bond donors (Lipinski definition) is 1. The molecule has 10 heteroatoms. The van der Waals surface area contributed by atoms with E-state index >= 15 is 0 Å². The molecule has 3 aromatic rings. The van der Waals surface area contributed by atoms with E-state index in [1.807, 2.05) is 0 Å². The minimum absolute atomic E-state index is 0.0490. The lowest BCUT2D eigenvalue weighted by Gasteiger charge is -2.04. The van der Waals surface area contributed by atoms with E-state index in [0.29, 0.717) is 11.8 Å². The summed E-state index contributed by atoms with van der Waals surface area (Å²) in [4.78, 5) is 32.1. The van der Waals surface area contributed by atoms with Crippen molar-refractivity contribution in [2.24, 2.45) is 0 Å². The van der Waals surface area contributed by atoms with Crippen LogP contribution in [-0.2, 0) is 0 Å². The molecule has 10 nitrogen and oxygen atoms in total. The van der Waals surface area contributed by atoms with E-state index in [1.54, 1.807) is 19.1 Å². The molecule has 0 unspecified atom stereocenters. The number of non-ortho nitro benzene ring substituents is 1. The summed E-state index contributed by atoms with van der Waals surface area (Å²) in [6.45, 7) is 1.79. The van der Waals surface area contributed by atoms with Gasteiger partial charge in [-0.2, -0.15) is 5.10 Å². The van der Waals surface area contributed by atoms with Gasteiger partial charge in [-0.3, -0.25) is 25.0 Å². The zero-order chi connectivity index (χ0) is 19.7. The fourth-order valence-electron chi connectivity index (χ4n) is 2.61. The van der Waals surface area contributed by atoms with Crippen LogP contribution >= 0.6 is 0 Å². The van der Waals surface area contributed by atoms with Gasteiger partial charge in [0.25, 0.3) is 5.69 Å². The zero-order valence-corrected chi connectivity index (χ0v) is 13.9. The maximum atomic E-state index is 11.4. The first-order valence-corrected chi connectivity index (χ1v) is 7.60. The van der Waals surface area contributed by atoms with Crippen molar-refractivity contribution < 1.29 is 19.7 Å². The maximum absolute atomic E-state index is 11.4. The number of benzene rings is 2. The van der Waals surface area contributed by atoms with E-state index in [4.69, 9.17) is 0 Å². The molecular formula is C17H12N4O6. The standard InChI is InChI=1S/C17H12N4O6/c1-10-2-5-16(23)13(6-10)17-11(9-22)8-19(18-17)14-4-3-12(20(24)25)7-15(14)21(26)27/h2-9,23H,1H3. The van der Waals surface area contributed by atoms with Crippen molar-refractivity contribution in [2.45, 2.75) is 6.92 Å². The summed E-state index contributed by atoms with van der Waals surface area (Å²) in [6, 6.07) is 7.86. The minimum atomic E-state index is -0.769. The molecule has 0 bridgehead atoms. The van der Waals surface area contributed by atoms with Crippen LogP contribution in [0.2, 0.25) is 0 Å². The fourth-order valence-corrected chi connectivity index (χ4v) is 2.61. The van der Waals surface area contributed by atoms with Gasteiger partial charge in [-0.25, -0.2) is 4.68 Å². The van der Waals surface area contributed by atoms with E-state index in [2.05, 4.69) is 5.10 Å². The molecule has 1 heterocycles. The number of hydrogen-bond acceptors (Lipinski definition) is 7. The molecule has 0 aliphatic carbocycles. The molecule has 0 fully saturated rings. The van der Waals surface area contributed by atoms with Gasteiger partial charge in [0.1, 0.15) is 17.1 Å². The number of phenolic OH excluding ortho intramolecular Hbond substituents is 1. The second kappa shape index (κ2) is 6.67. The summed E-state index contributed by atoms with van der Waals surface area (Å²) in [5.41, 5.74) is 0.319. The van der Waals surface area contributed by atoms with Crippen molar-refractivity contribution in [3.63, 3.8) is 0 Å². The van der Waals surface area contributed by atoms with Crippen molar-refractivity contribution in [1.29, 1.82) is 0 Å². The van der Waals surface area contributed by atoms with Crippen LogP contribution in [0, 0.1) is 27.2 Å². The third-order valence-corrected chi connectivity index (χ3v) is 3.89. The molecule has 0 amide bonds. The van der Waals surface area contributed by atoms with Crippen molar-refractivity contribution >= 4 is 17.7 Å². The molecule has 1 aromatic heterocycles.